The lowest BCUT2D eigenvalue weighted by molar-refractivity contribution is 0.287. The molecule has 1 aliphatic carbocycles. The van der Waals surface area contributed by atoms with Crippen molar-refractivity contribution in [2.75, 3.05) is 19.6 Å². The third kappa shape index (κ3) is 3.22. The first-order valence-corrected chi connectivity index (χ1v) is 8.16. The molecule has 102 valence electrons. The Balaban J connectivity index is 1.80. The van der Waals surface area contributed by atoms with Gasteiger partial charge in [0.05, 0.1) is 6.07 Å². The first-order chi connectivity index (χ1) is 8.54. The van der Waals surface area contributed by atoms with Crippen molar-refractivity contribution in [1.29, 1.82) is 5.26 Å². The van der Waals surface area contributed by atoms with E-state index in [1.165, 1.54) is 24.1 Å². The molecule has 0 radical (unpaired) electrons. The minimum absolute atomic E-state index is 0.439. The van der Waals surface area contributed by atoms with Gasteiger partial charge in [0.1, 0.15) is 0 Å². The molecule has 1 aliphatic heterocycles. The van der Waals surface area contributed by atoms with E-state index in [0.717, 1.165) is 25.3 Å². The molecule has 0 aromatic heterocycles. The maximum atomic E-state index is 12.0. The van der Waals surface area contributed by atoms with Crippen molar-refractivity contribution in [3.05, 3.63) is 0 Å². The molecular weight excluding hydrogens is 250 g/mol. The quantitative estimate of drug-likeness (QED) is 0.798. The Kier molecular flexibility index (Phi) is 4.25. The lowest BCUT2D eigenvalue weighted by atomic mass is 10.1. The molecule has 5 nitrogen and oxygen atoms in total. The zero-order chi connectivity index (χ0) is 13.2. The predicted molar refractivity (Wildman–Crippen MR) is 69.3 cm³/mol. The second-order valence-electron chi connectivity index (χ2n) is 5.34. The summed E-state index contributed by atoms with van der Waals surface area (Å²) < 4.78 is 25.4. The molecule has 0 bridgehead atoms. The largest absolute Gasteiger partial charge is 0.314 e. The summed E-state index contributed by atoms with van der Waals surface area (Å²) in [4.78, 5) is 0. The molecule has 0 aromatic rings. The van der Waals surface area contributed by atoms with Crippen LogP contribution in [0.25, 0.3) is 0 Å². The fourth-order valence-corrected chi connectivity index (χ4v) is 3.56. The molecular formula is C12H21N3O2S. The van der Waals surface area contributed by atoms with Crippen LogP contribution in [0.2, 0.25) is 0 Å². The molecule has 2 fully saturated rings. The monoisotopic (exact) mass is 271 g/mol. The van der Waals surface area contributed by atoms with E-state index in [4.69, 9.17) is 5.26 Å². The van der Waals surface area contributed by atoms with E-state index in [-0.39, 0.29) is 0 Å². The highest BCUT2D eigenvalue weighted by molar-refractivity contribution is 7.89. The number of nitriles is 1. The summed E-state index contributed by atoms with van der Waals surface area (Å²) in [5.41, 5.74) is 0. The van der Waals surface area contributed by atoms with E-state index in [1.54, 1.807) is 0 Å². The third-order valence-corrected chi connectivity index (χ3v) is 5.92. The number of hydrogen-bond acceptors (Lipinski definition) is 4. The molecule has 0 amide bonds. The van der Waals surface area contributed by atoms with Gasteiger partial charge in [0.25, 0.3) is 0 Å². The molecule has 0 aromatic carbocycles. The highest BCUT2D eigenvalue weighted by Gasteiger charge is 2.32. The van der Waals surface area contributed by atoms with Crippen LogP contribution in [0.15, 0.2) is 0 Å². The summed E-state index contributed by atoms with van der Waals surface area (Å²) in [6.07, 6.45) is 4.37. The summed E-state index contributed by atoms with van der Waals surface area (Å²) >= 11 is 0. The molecule has 2 rings (SSSR count). The second kappa shape index (κ2) is 5.55. The Bertz CT molecular complexity index is 417. The van der Waals surface area contributed by atoms with Crippen LogP contribution in [0.4, 0.5) is 0 Å². The van der Waals surface area contributed by atoms with Gasteiger partial charge in [-0.3, -0.25) is 0 Å². The fraction of sp³-hybridized carbons (Fsp3) is 0.917. The van der Waals surface area contributed by atoms with Crippen LogP contribution in [0.1, 0.15) is 32.6 Å². The molecule has 1 heterocycles. The maximum absolute atomic E-state index is 12.0. The summed E-state index contributed by atoms with van der Waals surface area (Å²) in [6, 6.07) is 2.26. The average Bonchev–Trinajstić information content (AvgIpc) is 3.20. The standard InChI is InChI=1S/C12H21N3O2S/c1-10(8-13)18(16,17)15-6-4-12(5-7-15)14-9-11-2-3-11/h10-12,14H,2-7,9H2,1H3. The van der Waals surface area contributed by atoms with Crippen molar-refractivity contribution >= 4 is 10.0 Å². The van der Waals surface area contributed by atoms with Crippen LogP contribution in [0, 0.1) is 17.2 Å². The summed E-state index contributed by atoms with van der Waals surface area (Å²) in [6.45, 7) is 3.60. The van der Waals surface area contributed by atoms with Gasteiger partial charge in [0.15, 0.2) is 5.25 Å². The molecule has 6 heteroatoms. The van der Waals surface area contributed by atoms with Crippen LogP contribution in [0.3, 0.4) is 0 Å². The van der Waals surface area contributed by atoms with Crippen LogP contribution in [-0.2, 0) is 10.0 Å². The summed E-state index contributed by atoms with van der Waals surface area (Å²) in [5.74, 6) is 0.852. The molecule has 18 heavy (non-hydrogen) atoms. The molecule has 1 atom stereocenters. The Labute approximate surface area is 109 Å². The maximum Gasteiger partial charge on any atom is 0.230 e. The van der Waals surface area contributed by atoms with Crippen molar-refractivity contribution in [3.8, 4) is 6.07 Å². The van der Waals surface area contributed by atoms with Crippen molar-refractivity contribution in [2.45, 2.75) is 43.9 Å². The highest BCUT2D eigenvalue weighted by atomic mass is 32.2. The normalized spacial score (nSPS) is 24.7. The minimum Gasteiger partial charge on any atom is -0.314 e. The molecule has 1 saturated carbocycles. The molecule has 0 spiro atoms. The Hall–Kier alpha value is -0.640. The van der Waals surface area contributed by atoms with Gasteiger partial charge in [-0.2, -0.15) is 5.26 Å². The molecule has 1 unspecified atom stereocenters. The van der Waals surface area contributed by atoms with E-state index in [2.05, 4.69) is 5.32 Å². The fourth-order valence-electron chi connectivity index (χ4n) is 2.26. The van der Waals surface area contributed by atoms with Gasteiger partial charge in [-0.05, 0) is 45.1 Å². The van der Waals surface area contributed by atoms with E-state index in [9.17, 15) is 8.42 Å². The van der Waals surface area contributed by atoms with E-state index >= 15 is 0 Å². The van der Waals surface area contributed by atoms with E-state index < -0.39 is 15.3 Å². The van der Waals surface area contributed by atoms with Crippen LogP contribution in [-0.4, -0.2) is 43.6 Å². The molecule has 1 N–H and O–H groups in total. The number of hydrogen-bond donors (Lipinski definition) is 1. The van der Waals surface area contributed by atoms with Gasteiger partial charge in [-0.1, -0.05) is 0 Å². The van der Waals surface area contributed by atoms with Gasteiger partial charge in [-0.15, -0.1) is 0 Å². The Morgan fingerprint density at radius 3 is 2.44 bits per heavy atom. The average molecular weight is 271 g/mol. The van der Waals surface area contributed by atoms with E-state index in [1.807, 2.05) is 6.07 Å². The van der Waals surface area contributed by atoms with Crippen molar-refractivity contribution in [2.24, 2.45) is 5.92 Å². The van der Waals surface area contributed by atoms with Crippen molar-refractivity contribution in [1.82, 2.24) is 9.62 Å². The predicted octanol–water partition coefficient (Wildman–Crippen LogP) is 0.692. The SMILES string of the molecule is CC(C#N)S(=O)(=O)N1CCC(NCC2CC2)CC1. The number of nitrogens with one attached hydrogen (secondary N) is 1. The highest BCUT2D eigenvalue weighted by Crippen LogP contribution is 2.28. The first kappa shape index (κ1) is 13.8. The van der Waals surface area contributed by atoms with Crippen LogP contribution in [0.5, 0.6) is 0 Å². The number of piperidine rings is 1. The minimum atomic E-state index is -3.41. The lowest BCUT2D eigenvalue weighted by Gasteiger charge is -2.32. The number of rotatable bonds is 5. The van der Waals surface area contributed by atoms with Gasteiger partial charge in [0.2, 0.25) is 10.0 Å². The van der Waals surface area contributed by atoms with Crippen molar-refractivity contribution < 1.29 is 8.42 Å². The van der Waals surface area contributed by atoms with Crippen LogP contribution >= 0.6 is 0 Å². The molecule has 1 saturated heterocycles. The third-order valence-electron chi connectivity index (χ3n) is 3.83. The van der Waals surface area contributed by atoms with E-state index in [0.29, 0.717) is 19.1 Å². The molecule has 2 aliphatic rings. The van der Waals surface area contributed by atoms with Crippen LogP contribution < -0.4 is 5.32 Å². The number of nitrogens with zero attached hydrogens (tertiary/aromatic N) is 2. The summed E-state index contributed by atoms with van der Waals surface area (Å²) in [5, 5.41) is 11.3. The zero-order valence-corrected chi connectivity index (χ0v) is 11.6. The smallest absolute Gasteiger partial charge is 0.230 e. The van der Waals surface area contributed by atoms with Gasteiger partial charge in [-0.25, -0.2) is 12.7 Å². The summed E-state index contributed by atoms with van der Waals surface area (Å²) in [7, 11) is -3.41. The van der Waals surface area contributed by atoms with Gasteiger partial charge >= 0.3 is 0 Å². The lowest BCUT2D eigenvalue weighted by Crippen LogP contribution is -2.47. The van der Waals surface area contributed by atoms with Gasteiger partial charge in [0, 0.05) is 19.1 Å². The topological polar surface area (TPSA) is 73.2 Å². The number of sulfonamides is 1. The first-order valence-electron chi connectivity index (χ1n) is 6.66. The Morgan fingerprint density at radius 1 is 1.33 bits per heavy atom. The Morgan fingerprint density at radius 2 is 1.94 bits per heavy atom. The van der Waals surface area contributed by atoms with Gasteiger partial charge < -0.3 is 5.32 Å². The zero-order valence-electron chi connectivity index (χ0n) is 10.8. The van der Waals surface area contributed by atoms with Crippen molar-refractivity contribution in [3.63, 3.8) is 0 Å². The second-order valence-corrected chi connectivity index (χ2v) is 7.59.